The van der Waals surface area contributed by atoms with Gasteiger partial charge in [-0.25, -0.2) is 0 Å². The van der Waals surface area contributed by atoms with Gasteiger partial charge in [0.05, 0.1) is 0 Å². The van der Waals surface area contributed by atoms with E-state index in [1.165, 1.54) is 0 Å². The average Bonchev–Trinajstić information content (AvgIpc) is 1.39. The van der Waals surface area contributed by atoms with Gasteiger partial charge in [-0.3, -0.25) is 0 Å². The molecule has 0 saturated carbocycles. The van der Waals surface area contributed by atoms with Crippen LogP contribution in [0.1, 0.15) is 0 Å². The van der Waals surface area contributed by atoms with Crippen LogP contribution in [0.4, 0.5) is 0 Å². The predicted molar refractivity (Wildman–Crippen MR) is 31.9 cm³/mol. The minimum atomic E-state index is 0.500. The Kier molecular flexibility index (Phi) is 28.4. The number of hydrogen-bond acceptors (Lipinski definition) is 0. The van der Waals surface area contributed by atoms with E-state index in [9.17, 15) is 0 Å². The standard InChI is InChI=1S/C2H6Si.2CH3.Ti/c1-2-3;;;/h2H,1H2,3H3;2*1H3;. The van der Waals surface area contributed by atoms with Crippen LogP contribution in [0.2, 0.25) is 10.5 Å². The van der Waals surface area contributed by atoms with E-state index in [4.69, 9.17) is 0 Å². The van der Waals surface area contributed by atoms with Gasteiger partial charge < -0.3 is 0 Å². The first-order valence-corrected chi connectivity index (χ1v) is 6.26. The molecule has 0 aliphatic carbocycles. The Morgan fingerprint density at radius 1 is 1.67 bits per heavy atom. The number of hydrogen-bond donors (Lipinski definition) is 0. The fourth-order valence-corrected chi connectivity index (χ4v) is 0. The van der Waals surface area contributed by atoms with Crippen molar-refractivity contribution in [2.24, 2.45) is 0 Å². The monoisotopic (exact) mass is 136 g/mol. The molecule has 0 aliphatic rings. The molecule has 0 aromatic carbocycles. The van der Waals surface area contributed by atoms with Gasteiger partial charge in [-0.1, -0.05) is 0 Å². The maximum atomic E-state index is 3.42. The molecule has 0 aromatic heterocycles. The summed E-state index contributed by atoms with van der Waals surface area (Å²) in [7, 11) is 1.13. The Labute approximate surface area is 52.4 Å². The van der Waals surface area contributed by atoms with Gasteiger partial charge in [-0.15, -0.1) is 12.3 Å². The molecule has 0 atom stereocenters. The number of rotatable bonds is 0. The van der Waals surface area contributed by atoms with Crippen LogP contribution >= 0.6 is 0 Å². The second kappa shape index (κ2) is 17.3. The fourth-order valence-electron chi connectivity index (χ4n) is 0. The zero-order chi connectivity index (χ0) is 5.41. The van der Waals surface area contributed by atoms with Gasteiger partial charge in [0, 0.05) is 10.2 Å². The molecular formula is C4H12SiTi. The first kappa shape index (κ1) is 9.83. The second-order valence-electron chi connectivity index (χ2n) is 0.908. The van der Waals surface area contributed by atoms with Crippen molar-refractivity contribution >= 4 is 10.2 Å². The minimum absolute atomic E-state index is 0.500. The third-order valence-corrected chi connectivity index (χ3v) is 0. The molecule has 0 nitrogen and oxygen atoms in total. The van der Waals surface area contributed by atoms with Crippen molar-refractivity contribution in [1.82, 2.24) is 0 Å². The third kappa shape index (κ3) is 140. The quantitative estimate of drug-likeness (QED) is 0.429. The van der Waals surface area contributed by atoms with Gasteiger partial charge in [-0.05, 0) is 0 Å². The van der Waals surface area contributed by atoms with Crippen LogP contribution in [0.3, 0.4) is 0 Å². The molecule has 0 heterocycles. The Bertz CT molecular complexity index is 21.5. The Balaban J connectivity index is 0. The summed E-state index contributed by atoms with van der Waals surface area (Å²) >= 11 is 0.500. The first-order chi connectivity index (χ1) is 2.83. The van der Waals surface area contributed by atoms with Crippen molar-refractivity contribution in [3.63, 3.8) is 0 Å². The van der Waals surface area contributed by atoms with E-state index in [2.05, 4.69) is 17.0 Å². The van der Waals surface area contributed by atoms with Gasteiger partial charge in [0.15, 0.2) is 0 Å². The molecule has 0 unspecified atom stereocenters. The molecule has 0 spiro atoms. The molecule has 0 saturated heterocycles. The Morgan fingerprint density at radius 2 is 1.67 bits per heavy atom. The van der Waals surface area contributed by atoms with Crippen molar-refractivity contribution in [1.29, 1.82) is 0 Å². The van der Waals surface area contributed by atoms with Crippen molar-refractivity contribution in [3.8, 4) is 0 Å². The summed E-state index contributed by atoms with van der Waals surface area (Å²) in [5, 5.41) is 4.50. The summed E-state index contributed by atoms with van der Waals surface area (Å²) in [6.07, 6.45) is 0. The van der Waals surface area contributed by atoms with Crippen LogP contribution < -0.4 is 0 Å². The molecule has 0 N–H and O–H groups in total. The summed E-state index contributed by atoms with van der Waals surface area (Å²) in [6.45, 7) is 3.42. The molecule has 6 heavy (non-hydrogen) atoms. The van der Waals surface area contributed by atoms with E-state index in [1.54, 1.807) is 0 Å². The molecule has 0 aliphatic heterocycles. The van der Waals surface area contributed by atoms with E-state index in [1.807, 2.05) is 5.70 Å². The molecule has 0 rings (SSSR count). The van der Waals surface area contributed by atoms with Crippen molar-refractivity contribution < 1.29 is 19.2 Å². The van der Waals surface area contributed by atoms with Gasteiger partial charge in [0.25, 0.3) is 0 Å². The van der Waals surface area contributed by atoms with Gasteiger partial charge in [0.1, 0.15) is 0 Å². The Morgan fingerprint density at radius 3 is 1.67 bits per heavy atom. The third-order valence-electron chi connectivity index (χ3n) is 0. The second-order valence-corrected chi connectivity index (χ2v) is 3.29. The van der Waals surface area contributed by atoms with E-state index >= 15 is 0 Å². The van der Waals surface area contributed by atoms with Crippen LogP contribution in [0, 0.1) is 0 Å². The first-order valence-electron chi connectivity index (χ1n) is 1.99. The summed E-state index contributed by atoms with van der Waals surface area (Å²) < 4.78 is 0. The zero-order valence-corrected chi connectivity index (χ0v) is 8.35. The van der Waals surface area contributed by atoms with Gasteiger partial charge >= 0.3 is 29.6 Å². The summed E-state index contributed by atoms with van der Waals surface area (Å²) in [4.78, 5) is 0. The topological polar surface area (TPSA) is 0 Å². The van der Waals surface area contributed by atoms with E-state index < -0.39 is 0 Å². The van der Waals surface area contributed by atoms with Crippen molar-refractivity contribution in [2.75, 3.05) is 0 Å². The normalized spacial score (nSPS) is 5.00. The van der Waals surface area contributed by atoms with Gasteiger partial charge in [-0.2, -0.15) is 0 Å². The molecule has 0 fully saturated rings. The van der Waals surface area contributed by atoms with Crippen LogP contribution in [0.15, 0.2) is 12.3 Å². The molecule has 36 valence electrons. The van der Waals surface area contributed by atoms with E-state index in [-0.39, 0.29) is 0 Å². The zero-order valence-electron chi connectivity index (χ0n) is 4.78. The summed E-state index contributed by atoms with van der Waals surface area (Å²) in [6, 6.07) is 0. The molecule has 0 aromatic rings. The van der Waals surface area contributed by atoms with E-state index in [0.717, 1.165) is 10.2 Å². The molecule has 0 amide bonds. The summed E-state index contributed by atoms with van der Waals surface area (Å²) in [5.74, 6) is 0. The van der Waals surface area contributed by atoms with Crippen LogP contribution in [-0.4, -0.2) is 10.2 Å². The van der Waals surface area contributed by atoms with Crippen LogP contribution in [0.5, 0.6) is 0 Å². The van der Waals surface area contributed by atoms with Crippen molar-refractivity contribution in [3.05, 3.63) is 12.3 Å². The van der Waals surface area contributed by atoms with Crippen LogP contribution in [-0.2, 0) is 19.2 Å². The SMILES string of the molecule is C=C[SiH3].[CH3][Ti][CH3]. The molecule has 0 bridgehead atoms. The van der Waals surface area contributed by atoms with Crippen LogP contribution in [0.25, 0.3) is 0 Å². The average molecular weight is 136 g/mol. The fraction of sp³-hybridized carbons (Fsp3) is 0.500. The molecule has 2 heteroatoms. The van der Waals surface area contributed by atoms with Crippen molar-refractivity contribution in [2.45, 2.75) is 10.5 Å². The van der Waals surface area contributed by atoms with E-state index in [0.29, 0.717) is 19.2 Å². The summed E-state index contributed by atoms with van der Waals surface area (Å²) in [5.41, 5.74) is 1.89. The van der Waals surface area contributed by atoms with Gasteiger partial charge in [0.2, 0.25) is 0 Å². The maximum absolute atomic E-state index is 3.42. The predicted octanol–water partition coefficient (Wildman–Crippen LogP) is 0.660. The Hall–Kier alpha value is 0.671. The molecular weight excluding hydrogens is 124 g/mol. The molecule has 0 radical (unpaired) electrons.